The normalized spacial score (nSPS) is 15.8. The first-order chi connectivity index (χ1) is 5.20. The molecule has 1 atom stereocenters. The van der Waals surface area contributed by atoms with Crippen LogP contribution in [0.4, 0.5) is 0 Å². The molecule has 0 rings (SSSR count). The van der Waals surface area contributed by atoms with E-state index < -0.39 is 5.60 Å². The topological polar surface area (TPSA) is 32.3 Å². The average Bonchev–Trinajstić information content (AvgIpc) is 1.84. The molecule has 0 saturated heterocycles. The Labute approximate surface area is 75.7 Å². The van der Waals surface area contributed by atoms with Crippen LogP contribution in [0.15, 0.2) is 12.7 Å². The molecular weight excluding hydrogens is 150 g/mol. The minimum Gasteiger partial charge on any atom is -0.389 e. The number of hydrogen-bond donors (Lipinski definition) is 2. The molecule has 2 nitrogen and oxygen atoms in total. The first-order valence-electron chi connectivity index (χ1n) is 4.33. The van der Waals surface area contributed by atoms with Gasteiger partial charge in [0.05, 0.1) is 5.60 Å². The van der Waals surface area contributed by atoms with Gasteiger partial charge in [0.25, 0.3) is 0 Å². The van der Waals surface area contributed by atoms with Gasteiger partial charge in [-0.25, -0.2) is 0 Å². The molecule has 2 N–H and O–H groups in total. The summed E-state index contributed by atoms with van der Waals surface area (Å²) in [5.74, 6) is 0. The van der Waals surface area contributed by atoms with E-state index in [1.807, 2.05) is 26.8 Å². The van der Waals surface area contributed by atoms with Crippen LogP contribution in [0.5, 0.6) is 0 Å². The maximum atomic E-state index is 9.79. The third-order valence-corrected chi connectivity index (χ3v) is 2.47. The summed E-state index contributed by atoms with van der Waals surface area (Å²) < 4.78 is 0. The SMILES string of the molecule is C=CC(C)NC(C)(C)C(C)(C)O. The zero-order valence-corrected chi connectivity index (χ0v) is 8.81. The Balaban J connectivity index is 4.32. The number of aliphatic hydroxyl groups is 1. The van der Waals surface area contributed by atoms with Crippen LogP contribution in [0.3, 0.4) is 0 Å². The van der Waals surface area contributed by atoms with Gasteiger partial charge in [-0.1, -0.05) is 6.08 Å². The van der Waals surface area contributed by atoms with Gasteiger partial charge in [-0.05, 0) is 34.6 Å². The van der Waals surface area contributed by atoms with E-state index in [0.29, 0.717) is 0 Å². The molecule has 0 saturated carbocycles. The maximum Gasteiger partial charge on any atom is 0.0767 e. The lowest BCUT2D eigenvalue weighted by Gasteiger charge is -2.39. The molecule has 0 aromatic rings. The Kier molecular flexibility index (Phi) is 3.48. The van der Waals surface area contributed by atoms with Crippen LogP contribution in [-0.4, -0.2) is 22.3 Å². The lowest BCUT2D eigenvalue weighted by molar-refractivity contribution is -0.00680. The van der Waals surface area contributed by atoms with E-state index in [9.17, 15) is 5.11 Å². The first-order valence-corrected chi connectivity index (χ1v) is 4.33. The molecule has 0 spiro atoms. The molecule has 0 aliphatic rings. The van der Waals surface area contributed by atoms with Crippen LogP contribution in [0.25, 0.3) is 0 Å². The standard InChI is InChI=1S/C10H21NO/c1-7-8(2)11-9(3,4)10(5,6)12/h7-8,11-12H,1H2,2-6H3. The highest BCUT2D eigenvalue weighted by molar-refractivity contribution is 4.97. The van der Waals surface area contributed by atoms with Gasteiger partial charge >= 0.3 is 0 Å². The molecule has 0 amide bonds. The predicted molar refractivity (Wildman–Crippen MR) is 53.2 cm³/mol. The molecule has 0 aromatic heterocycles. The number of rotatable bonds is 4. The fourth-order valence-corrected chi connectivity index (χ4v) is 0.805. The molecule has 0 aliphatic heterocycles. The van der Waals surface area contributed by atoms with Crippen molar-refractivity contribution in [2.75, 3.05) is 0 Å². The Bertz CT molecular complexity index is 156. The van der Waals surface area contributed by atoms with Crippen LogP contribution in [0.2, 0.25) is 0 Å². The minimum absolute atomic E-state index is 0.214. The molecule has 12 heavy (non-hydrogen) atoms. The lowest BCUT2D eigenvalue weighted by Crippen LogP contribution is -2.58. The monoisotopic (exact) mass is 171 g/mol. The summed E-state index contributed by atoms with van der Waals surface area (Å²) in [4.78, 5) is 0. The van der Waals surface area contributed by atoms with Gasteiger partial charge < -0.3 is 10.4 Å². The zero-order valence-electron chi connectivity index (χ0n) is 8.81. The van der Waals surface area contributed by atoms with Gasteiger partial charge in [-0.3, -0.25) is 0 Å². The van der Waals surface area contributed by atoms with Crippen LogP contribution in [0, 0.1) is 0 Å². The Hall–Kier alpha value is -0.340. The van der Waals surface area contributed by atoms with Crippen molar-refractivity contribution in [3.8, 4) is 0 Å². The van der Waals surface area contributed by atoms with Crippen molar-refractivity contribution < 1.29 is 5.11 Å². The van der Waals surface area contributed by atoms with Crippen LogP contribution in [0.1, 0.15) is 34.6 Å². The van der Waals surface area contributed by atoms with Gasteiger partial charge in [0.15, 0.2) is 0 Å². The maximum absolute atomic E-state index is 9.79. The van der Waals surface area contributed by atoms with Gasteiger partial charge in [-0.2, -0.15) is 0 Å². The highest BCUT2D eigenvalue weighted by atomic mass is 16.3. The summed E-state index contributed by atoms with van der Waals surface area (Å²) in [6.45, 7) is 13.3. The Morgan fingerprint density at radius 2 is 1.75 bits per heavy atom. The third-order valence-electron chi connectivity index (χ3n) is 2.47. The molecule has 2 heteroatoms. The van der Waals surface area contributed by atoms with E-state index in [2.05, 4.69) is 11.9 Å². The van der Waals surface area contributed by atoms with Crippen molar-refractivity contribution in [3.63, 3.8) is 0 Å². The van der Waals surface area contributed by atoms with E-state index in [1.165, 1.54) is 0 Å². The molecular formula is C10H21NO. The molecule has 0 fully saturated rings. The second kappa shape index (κ2) is 3.58. The van der Waals surface area contributed by atoms with Crippen molar-refractivity contribution in [2.45, 2.75) is 51.8 Å². The van der Waals surface area contributed by atoms with Crippen molar-refractivity contribution in [2.24, 2.45) is 0 Å². The van der Waals surface area contributed by atoms with Crippen LogP contribution >= 0.6 is 0 Å². The summed E-state index contributed by atoms with van der Waals surface area (Å²) in [5, 5.41) is 13.1. The number of hydrogen-bond acceptors (Lipinski definition) is 2. The van der Waals surface area contributed by atoms with Crippen molar-refractivity contribution in [1.82, 2.24) is 5.32 Å². The summed E-state index contributed by atoms with van der Waals surface area (Å²) in [7, 11) is 0. The third kappa shape index (κ3) is 2.95. The molecule has 72 valence electrons. The highest BCUT2D eigenvalue weighted by Crippen LogP contribution is 2.20. The highest BCUT2D eigenvalue weighted by Gasteiger charge is 2.35. The van der Waals surface area contributed by atoms with Crippen LogP contribution < -0.4 is 5.32 Å². The summed E-state index contributed by atoms with van der Waals surface area (Å²) in [6, 6.07) is 0.214. The predicted octanol–water partition coefficient (Wildman–Crippen LogP) is 1.70. The molecule has 0 aliphatic carbocycles. The van der Waals surface area contributed by atoms with Gasteiger partial charge in [-0.15, -0.1) is 6.58 Å². The average molecular weight is 171 g/mol. The zero-order chi connectivity index (χ0) is 9.99. The van der Waals surface area contributed by atoms with Gasteiger partial charge in [0.2, 0.25) is 0 Å². The van der Waals surface area contributed by atoms with Gasteiger partial charge in [0.1, 0.15) is 0 Å². The summed E-state index contributed by atoms with van der Waals surface area (Å²) in [5.41, 5.74) is -1.04. The van der Waals surface area contributed by atoms with E-state index in [1.54, 1.807) is 13.8 Å². The minimum atomic E-state index is -0.732. The lowest BCUT2D eigenvalue weighted by atomic mass is 9.85. The van der Waals surface area contributed by atoms with Crippen molar-refractivity contribution in [3.05, 3.63) is 12.7 Å². The summed E-state index contributed by atoms with van der Waals surface area (Å²) >= 11 is 0. The smallest absolute Gasteiger partial charge is 0.0767 e. The van der Waals surface area contributed by atoms with Gasteiger partial charge in [0, 0.05) is 11.6 Å². The molecule has 1 unspecified atom stereocenters. The fourth-order valence-electron chi connectivity index (χ4n) is 0.805. The molecule has 0 bridgehead atoms. The van der Waals surface area contributed by atoms with E-state index >= 15 is 0 Å². The largest absolute Gasteiger partial charge is 0.389 e. The van der Waals surface area contributed by atoms with E-state index in [4.69, 9.17) is 0 Å². The summed E-state index contributed by atoms with van der Waals surface area (Å²) in [6.07, 6.45) is 1.83. The van der Waals surface area contributed by atoms with E-state index in [-0.39, 0.29) is 11.6 Å². The number of nitrogens with one attached hydrogen (secondary N) is 1. The molecule has 0 aromatic carbocycles. The quantitative estimate of drug-likeness (QED) is 0.631. The molecule has 0 radical (unpaired) electrons. The molecule has 0 heterocycles. The van der Waals surface area contributed by atoms with Crippen molar-refractivity contribution >= 4 is 0 Å². The first kappa shape index (κ1) is 11.7. The fraction of sp³-hybridized carbons (Fsp3) is 0.800. The van der Waals surface area contributed by atoms with Crippen molar-refractivity contribution in [1.29, 1.82) is 0 Å². The van der Waals surface area contributed by atoms with E-state index in [0.717, 1.165) is 0 Å². The Morgan fingerprint density at radius 3 is 2.00 bits per heavy atom. The second-order valence-corrected chi connectivity index (χ2v) is 4.35. The van der Waals surface area contributed by atoms with Crippen LogP contribution in [-0.2, 0) is 0 Å². The Morgan fingerprint density at radius 1 is 1.33 bits per heavy atom. The second-order valence-electron chi connectivity index (χ2n) is 4.35.